The van der Waals surface area contributed by atoms with Crippen molar-refractivity contribution in [3.63, 3.8) is 0 Å². The van der Waals surface area contributed by atoms with Crippen molar-refractivity contribution < 1.29 is 9.90 Å². The van der Waals surface area contributed by atoms with Crippen LogP contribution in [0, 0.1) is 0 Å². The maximum absolute atomic E-state index is 11.3. The molecule has 1 aliphatic heterocycles. The summed E-state index contributed by atoms with van der Waals surface area (Å²) in [6.07, 6.45) is 3.62. The second-order valence-corrected chi connectivity index (χ2v) is 5.52. The zero-order valence-electron chi connectivity index (χ0n) is 12.1. The lowest BCUT2D eigenvalue weighted by atomic mass is 10.0. The van der Waals surface area contributed by atoms with E-state index in [9.17, 15) is 9.90 Å². The molecular weight excluding hydrogens is 266 g/mol. The molecule has 0 fully saturated rings. The summed E-state index contributed by atoms with van der Waals surface area (Å²) in [6.45, 7) is 2.45. The third-order valence-corrected chi connectivity index (χ3v) is 4.10. The number of benzene rings is 1. The first-order chi connectivity index (χ1) is 10.1. The summed E-state index contributed by atoms with van der Waals surface area (Å²) in [6, 6.07) is 8.49. The van der Waals surface area contributed by atoms with Crippen LogP contribution in [0.3, 0.4) is 0 Å². The Bertz CT molecular complexity index is 663. The number of carboxylic acid groups (broad SMARTS) is 1. The van der Waals surface area contributed by atoms with Gasteiger partial charge >= 0.3 is 5.97 Å². The zero-order chi connectivity index (χ0) is 14.8. The van der Waals surface area contributed by atoms with Gasteiger partial charge in [0.15, 0.2) is 0 Å². The van der Waals surface area contributed by atoms with Crippen LogP contribution in [0.25, 0.3) is 0 Å². The first kappa shape index (κ1) is 13.8. The number of aromatic carboxylic acids is 1. The van der Waals surface area contributed by atoms with E-state index in [1.165, 1.54) is 17.3 Å². The Labute approximate surface area is 123 Å². The highest BCUT2D eigenvalue weighted by Crippen LogP contribution is 2.21. The smallest absolute Gasteiger partial charge is 0.339 e. The minimum absolute atomic E-state index is 0.301. The molecule has 2 heterocycles. The van der Waals surface area contributed by atoms with Crippen LogP contribution in [-0.2, 0) is 26.6 Å². The number of carboxylic acids is 1. The van der Waals surface area contributed by atoms with Crippen LogP contribution >= 0.6 is 0 Å². The van der Waals surface area contributed by atoms with Crippen molar-refractivity contribution in [2.24, 2.45) is 7.05 Å². The molecule has 1 N–H and O–H groups in total. The summed E-state index contributed by atoms with van der Waals surface area (Å²) in [5, 5.41) is 13.3. The lowest BCUT2D eigenvalue weighted by Crippen LogP contribution is -2.25. The standard InChI is InChI=1S/C16H19N3O2/c1-18-15(14(9-17-18)16(20)21)11-19-8-4-7-12-5-2-3-6-13(12)10-19/h2-3,5-6,9H,4,7-8,10-11H2,1H3,(H,20,21). The van der Waals surface area contributed by atoms with E-state index in [-0.39, 0.29) is 0 Å². The van der Waals surface area contributed by atoms with Crippen molar-refractivity contribution in [1.29, 1.82) is 0 Å². The summed E-state index contributed by atoms with van der Waals surface area (Å²) in [5.41, 5.74) is 3.81. The van der Waals surface area contributed by atoms with Gasteiger partial charge in [0.05, 0.1) is 11.9 Å². The fourth-order valence-electron chi connectivity index (χ4n) is 2.94. The van der Waals surface area contributed by atoms with Gasteiger partial charge in [0.1, 0.15) is 5.56 Å². The summed E-state index contributed by atoms with van der Waals surface area (Å²) in [4.78, 5) is 13.6. The lowest BCUT2D eigenvalue weighted by molar-refractivity contribution is 0.0694. The molecule has 0 bridgehead atoms. The molecule has 0 amide bonds. The molecule has 0 radical (unpaired) electrons. The minimum atomic E-state index is -0.909. The average molecular weight is 285 g/mol. The lowest BCUT2D eigenvalue weighted by Gasteiger charge is -2.20. The summed E-state index contributed by atoms with van der Waals surface area (Å²) >= 11 is 0. The number of fused-ring (bicyclic) bond motifs is 1. The number of rotatable bonds is 3. The molecule has 1 aliphatic rings. The largest absolute Gasteiger partial charge is 0.478 e. The summed E-state index contributed by atoms with van der Waals surface area (Å²) in [7, 11) is 1.80. The van der Waals surface area contributed by atoms with Gasteiger partial charge in [-0.15, -0.1) is 0 Å². The van der Waals surface area contributed by atoms with Crippen molar-refractivity contribution in [3.05, 3.63) is 52.8 Å². The fraction of sp³-hybridized carbons (Fsp3) is 0.375. The highest BCUT2D eigenvalue weighted by Gasteiger charge is 2.20. The molecule has 1 aromatic heterocycles. The SMILES string of the molecule is Cn1ncc(C(=O)O)c1CN1CCCc2ccccc2C1. The summed E-state index contributed by atoms with van der Waals surface area (Å²) in [5.74, 6) is -0.909. The average Bonchev–Trinajstić information content (AvgIpc) is 2.70. The molecule has 0 atom stereocenters. The number of carbonyl (C=O) groups is 1. The Kier molecular flexibility index (Phi) is 3.75. The molecular formula is C16H19N3O2. The van der Waals surface area contributed by atoms with Crippen molar-refractivity contribution in [2.45, 2.75) is 25.9 Å². The molecule has 1 aromatic carbocycles. The van der Waals surface area contributed by atoms with E-state index in [2.05, 4.69) is 34.3 Å². The number of nitrogens with zero attached hydrogens (tertiary/aromatic N) is 3. The number of aryl methyl sites for hydroxylation is 2. The molecule has 21 heavy (non-hydrogen) atoms. The first-order valence-corrected chi connectivity index (χ1v) is 7.18. The number of hydrogen-bond acceptors (Lipinski definition) is 3. The third kappa shape index (κ3) is 2.83. The second-order valence-electron chi connectivity index (χ2n) is 5.52. The number of aromatic nitrogens is 2. The quantitative estimate of drug-likeness (QED) is 0.938. The minimum Gasteiger partial charge on any atom is -0.478 e. The molecule has 0 spiro atoms. The Morgan fingerprint density at radius 2 is 2.10 bits per heavy atom. The van der Waals surface area contributed by atoms with Gasteiger partial charge in [-0.3, -0.25) is 9.58 Å². The van der Waals surface area contributed by atoms with Crippen LogP contribution in [0.1, 0.15) is 33.6 Å². The van der Waals surface area contributed by atoms with E-state index in [4.69, 9.17) is 0 Å². The van der Waals surface area contributed by atoms with E-state index < -0.39 is 5.97 Å². The van der Waals surface area contributed by atoms with E-state index in [0.717, 1.165) is 31.6 Å². The molecule has 0 saturated heterocycles. The Balaban J connectivity index is 1.83. The highest BCUT2D eigenvalue weighted by molar-refractivity contribution is 5.88. The van der Waals surface area contributed by atoms with Gasteiger partial charge < -0.3 is 5.11 Å². The molecule has 3 rings (SSSR count). The molecule has 5 heteroatoms. The molecule has 0 unspecified atom stereocenters. The maximum Gasteiger partial charge on any atom is 0.339 e. The van der Waals surface area contributed by atoms with Crippen LogP contribution in [0.2, 0.25) is 0 Å². The van der Waals surface area contributed by atoms with Crippen LogP contribution in [0.15, 0.2) is 30.5 Å². The monoisotopic (exact) mass is 285 g/mol. The van der Waals surface area contributed by atoms with E-state index in [0.29, 0.717) is 12.1 Å². The molecule has 0 saturated carbocycles. The zero-order valence-corrected chi connectivity index (χ0v) is 12.1. The van der Waals surface area contributed by atoms with Gasteiger partial charge in [-0.25, -0.2) is 4.79 Å². The normalized spacial score (nSPS) is 15.5. The van der Waals surface area contributed by atoms with E-state index in [1.807, 2.05) is 0 Å². The highest BCUT2D eigenvalue weighted by atomic mass is 16.4. The topological polar surface area (TPSA) is 58.4 Å². The number of hydrogen-bond donors (Lipinski definition) is 1. The van der Waals surface area contributed by atoms with Gasteiger partial charge in [-0.05, 0) is 30.5 Å². The van der Waals surface area contributed by atoms with Crippen LogP contribution < -0.4 is 0 Å². The molecule has 110 valence electrons. The van der Waals surface area contributed by atoms with Crippen molar-refractivity contribution in [2.75, 3.05) is 6.54 Å². The summed E-state index contributed by atoms with van der Waals surface area (Å²) < 4.78 is 1.67. The second kappa shape index (κ2) is 5.69. The predicted molar refractivity (Wildman–Crippen MR) is 79.0 cm³/mol. The molecule has 2 aromatic rings. The van der Waals surface area contributed by atoms with Crippen molar-refractivity contribution in [3.8, 4) is 0 Å². The Morgan fingerprint density at radius 1 is 1.33 bits per heavy atom. The van der Waals surface area contributed by atoms with Gasteiger partial charge in [-0.2, -0.15) is 5.10 Å². The Morgan fingerprint density at radius 3 is 2.86 bits per heavy atom. The predicted octanol–water partition coefficient (Wildman–Crippen LogP) is 2.07. The fourth-order valence-corrected chi connectivity index (χ4v) is 2.94. The van der Waals surface area contributed by atoms with Gasteiger partial charge in [0, 0.05) is 20.1 Å². The molecule has 5 nitrogen and oxygen atoms in total. The maximum atomic E-state index is 11.3. The van der Waals surface area contributed by atoms with Gasteiger partial charge in [0.2, 0.25) is 0 Å². The van der Waals surface area contributed by atoms with Crippen LogP contribution in [0.4, 0.5) is 0 Å². The van der Waals surface area contributed by atoms with Crippen molar-refractivity contribution in [1.82, 2.24) is 14.7 Å². The van der Waals surface area contributed by atoms with Crippen molar-refractivity contribution >= 4 is 5.97 Å². The molecule has 0 aliphatic carbocycles. The van der Waals surface area contributed by atoms with E-state index >= 15 is 0 Å². The van der Waals surface area contributed by atoms with Gasteiger partial charge in [-0.1, -0.05) is 24.3 Å². The third-order valence-electron chi connectivity index (χ3n) is 4.10. The van der Waals surface area contributed by atoms with E-state index in [1.54, 1.807) is 11.7 Å². The van der Waals surface area contributed by atoms with Crippen LogP contribution in [-0.4, -0.2) is 32.3 Å². The Hall–Kier alpha value is -2.14. The van der Waals surface area contributed by atoms with Gasteiger partial charge in [0.25, 0.3) is 0 Å². The first-order valence-electron chi connectivity index (χ1n) is 7.18. The van der Waals surface area contributed by atoms with Crippen LogP contribution in [0.5, 0.6) is 0 Å².